The number of fused-ring (bicyclic) bond motifs is 3. The second kappa shape index (κ2) is 8.20. The third-order valence-corrected chi connectivity index (χ3v) is 8.06. The van der Waals surface area contributed by atoms with E-state index in [9.17, 15) is 9.90 Å². The lowest BCUT2D eigenvalue weighted by Crippen LogP contribution is -2.56. The summed E-state index contributed by atoms with van der Waals surface area (Å²) in [5, 5.41) is 14.7. The van der Waals surface area contributed by atoms with Crippen molar-refractivity contribution in [2.24, 2.45) is 45.4 Å². The smallest absolute Gasteiger partial charge is 0.142 e. The van der Waals surface area contributed by atoms with Crippen LogP contribution in [0.5, 0.6) is 0 Å². The highest BCUT2D eigenvalue weighted by molar-refractivity contribution is 5.88. The molecule has 0 aromatic heterocycles. The first-order valence-electron chi connectivity index (χ1n) is 10.9. The molecular weight excluding hydrogens is 340 g/mol. The molecule has 27 heavy (non-hydrogen) atoms. The van der Waals surface area contributed by atoms with Crippen LogP contribution in [0.25, 0.3) is 0 Å². The standard InChI is InChI=1S/C22H38N2O3/c1-4-8-21(2)9-7-18-17(20(21)26)6-5-16-12-19(25)15(13-22(16,18)3)14-24-27-11-10-23/h14-19,25H,4-13,23H2,1-3H3/b24-14+/t15?,16?,17-,18+,19-,21+,22+/m1/s1. The van der Waals surface area contributed by atoms with E-state index in [0.717, 1.165) is 51.4 Å². The summed E-state index contributed by atoms with van der Waals surface area (Å²) in [6, 6.07) is 0. The molecule has 3 aliphatic rings. The highest BCUT2D eigenvalue weighted by atomic mass is 16.6. The van der Waals surface area contributed by atoms with E-state index in [0.29, 0.717) is 30.8 Å². The maximum absolute atomic E-state index is 13.4. The minimum Gasteiger partial charge on any atom is -0.395 e. The van der Waals surface area contributed by atoms with Gasteiger partial charge in [-0.2, -0.15) is 0 Å². The van der Waals surface area contributed by atoms with Gasteiger partial charge in [-0.3, -0.25) is 4.79 Å². The lowest BCUT2D eigenvalue weighted by atomic mass is 9.45. The van der Waals surface area contributed by atoms with E-state index in [1.54, 1.807) is 6.21 Å². The van der Waals surface area contributed by atoms with Gasteiger partial charge in [0.05, 0.1) is 6.10 Å². The molecule has 5 nitrogen and oxygen atoms in total. The Bertz CT molecular complexity index is 566. The van der Waals surface area contributed by atoms with Gasteiger partial charge in [-0.25, -0.2) is 0 Å². The summed E-state index contributed by atoms with van der Waals surface area (Å²) >= 11 is 0. The molecule has 3 rings (SSSR count). The van der Waals surface area contributed by atoms with Crippen molar-refractivity contribution in [3.05, 3.63) is 0 Å². The van der Waals surface area contributed by atoms with Crippen LogP contribution in [0.15, 0.2) is 5.16 Å². The van der Waals surface area contributed by atoms with Gasteiger partial charge in [0, 0.05) is 30.0 Å². The van der Waals surface area contributed by atoms with E-state index in [2.05, 4.69) is 25.9 Å². The third-order valence-electron chi connectivity index (χ3n) is 8.06. The number of carbonyl (C=O) groups excluding carboxylic acids is 1. The van der Waals surface area contributed by atoms with Gasteiger partial charge < -0.3 is 15.7 Å². The van der Waals surface area contributed by atoms with Crippen LogP contribution in [-0.4, -0.2) is 36.4 Å². The van der Waals surface area contributed by atoms with Crippen LogP contribution in [0.2, 0.25) is 0 Å². The largest absolute Gasteiger partial charge is 0.395 e. The molecule has 0 bridgehead atoms. The van der Waals surface area contributed by atoms with Crippen molar-refractivity contribution in [3.8, 4) is 0 Å². The van der Waals surface area contributed by atoms with Crippen molar-refractivity contribution in [3.63, 3.8) is 0 Å². The summed E-state index contributed by atoms with van der Waals surface area (Å²) in [5.74, 6) is 1.68. The number of rotatable bonds is 6. The Labute approximate surface area is 164 Å². The van der Waals surface area contributed by atoms with Crippen LogP contribution in [0.3, 0.4) is 0 Å². The first kappa shape index (κ1) is 20.8. The van der Waals surface area contributed by atoms with E-state index in [1.165, 1.54) is 0 Å². The summed E-state index contributed by atoms with van der Waals surface area (Å²) in [7, 11) is 0. The van der Waals surface area contributed by atoms with Gasteiger partial charge >= 0.3 is 0 Å². The molecule has 154 valence electrons. The van der Waals surface area contributed by atoms with Crippen LogP contribution in [0.1, 0.15) is 72.1 Å². The molecule has 2 unspecified atom stereocenters. The second-order valence-corrected chi connectivity index (χ2v) is 9.75. The molecule has 3 N–H and O–H groups in total. The fourth-order valence-electron chi connectivity index (χ4n) is 6.56. The minimum atomic E-state index is -0.366. The van der Waals surface area contributed by atoms with Crippen molar-refractivity contribution < 1.29 is 14.7 Å². The van der Waals surface area contributed by atoms with Crippen molar-refractivity contribution in [1.29, 1.82) is 0 Å². The number of nitrogens with two attached hydrogens (primary N) is 1. The van der Waals surface area contributed by atoms with Gasteiger partial charge in [-0.05, 0) is 62.2 Å². The molecule has 0 spiro atoms. The summed E-state index contributed by atoms with van der Waals surface area (Å²) in [4.78, 5) is 18.5. The summed E-state index contributed by atoms with van der Waals surface area (Å²) in [5.41, 5.74) is 5.42. The third kappa shape index (κ3) is 3.82. The number of ketones is 1. The van der Waals surface area contributed by atoms with Gasteiger partial charge in [-0.1, -0.05) is 32.3 Å². The first-order chi connectivity index (χ1) is 12.9. The molecule has 0 radical (unpaired) electrons. The molecular formula is C22H38N2O3. The zero-order valence-electron chi connectivity index (χ0n) is 17.3. The molecule has 0 heterocycles. The van der Waals surface area contributed by atoms with E-state index >= 15 is 0 Å². The van der Waals surface area contributed by atoms with Crippen LogP contribution < -0.4 is 5.73 Å². The van der Waals surface area contributed by atoms with Gasteiger partial charge in [0.2, 0.25) is 0 Å². The van der Waals surface area contributed by atoms with Crippen molar-refractivity contribution in [1.82, 2.24) is 0 Å². The Kier molecular flexibility index (Phi) is 6.31. The molecule has 7 atom stereocenters. The van der Waals surface area contributed by atoms with Crippen molar-refractivity contribution >= 4 is 12.0 Å². The Balaban J connectivity index is 1.77. The molecule has 0 amide bonds. The average molecular weight is 379 g/mol. The molecule has 5 heteroatoms. The lowest BCUT2D eigenvalue weighted by molar-refractivity contribution is -0.155. The summed E-state index contributed by atoms with van der Waals surface area (Å²) < 4.78 is 0. The Hall–Kier alpha value is -0.940. The number of carbonyl (C=O) groups is 1. The van der Waals surface area contributed by atoms with E-state index in [1.807, 2.05) is 0 Å². The Morgan fingerprint density at radius 1 is 1.33 bits per heavy atom. The molecule has 0 aromatic rings. The van der Waals surface area contributed by atoms with E-state index in [4.69, 9.17) is 10.6 Å². The van der Waals surface area contributed by atoms with Gasteiger partial charge in [0.1, 0.15) is 12.4 Å². The van der Waals surface area contributed by atoms with Crippen molar-refractivity contribution in [2.45, 2.75) is 78.2 Å². The Morgan fingerprint density at radius 2 is 2.11 bits per heavy atom. The molecule has 3 fully saturated rings. The molecule has 3 aliphatic carbocycles. The maximum Gasteiger partial charge on any atom is 0.142 e. The molecule has 0 saturated heterocycles. The zero-order valence-corrected chi connectivity index (χ0v) is 17.3. The number of nitrogens with zero attached hydrogens (tertiary/aromatic N) is 1. The highest BCUT2D eigenvalue weighted by Gasteiger charge is 2.57. The molecule has 0 aromatic carbocycles. The van der Waals surface area contributed by atoms with Gasteiger partial charge in [0.15, 0.2) is 0 Å². The monoisotopic (exact) mass is 378 g/mol. The maximum atomic E-state index is 13.4. The van der Waals surface area contributed by atoms with Crippen LogP contribution >= 0.6 is 0 Å². The highest BCUT2D eigenvalue weighted by Crippen LogP contribution is 2.61. The normalized spacial score (nSPS) is 44.8. The fourth-order valence-corrected chi connectivity index (χ4v) is 6.56. The second-order valence-electron chi connectivity index (χ2n) is 9.75. The van der Waals surface area contributed by atoms with Gasteiger partial charge in [-0.15, -0.1) is 0 Å². The average Bonchev–Trinajstić information content (AvgIpc) is 2.63. The topological polar surface area (TPSA) is 84.9 Å². The predicted octanol–water partition coefficient (Wildman–Crippen LogP) is 3.54. The predicted molar refractivity (Wildman–Crippen MR) is 107 cm³/mol. The number of hydrogen-bond donors (Lipinski definition) is 2. The van der Waals surface area contributed by atoms with Crippen LogP contribution in [0, 0.1) is 34.5 Å². The molecule has 0 aliphatic heterocycles. The minimum absolute atomic E-state index is 0.00169. The summed E-state index contributed by atoms with van der Waals surface area (Å²) in [6.07, 6.45) is 9.44. The number of aliphatic hydroxyl groups excluding tert-OH is 1. The lowest BCUT2D eigenvalue weighted by Gasteiger charge is -2.58. The number of hydrogen-bond acceptors (Lipinski definition) is 5. The zero-order chi connectivity index (χ0) is 19.7. The van der Waals surface area contributed by atoms with E-state index in [-0.39, 0.29) is 28.8 Å². The number of Topliss-reactive ketones (excluding diaryl/α,β-unsaturated/α-hetero) is 1. The van der Waals surface area contributed by atoms with Crippen molar-refractivity contribution in [2.75, 3.05) is 13.2 Å². The number of oxime groups is 1. The quantitative estimate of drug-likeness (QED) is 0.421. The number of aliphatic hydroxyl groups is 1. The van der Waals surface area contributed by atoms with Crippen LogP contribution in [-0.2, 0) is 9.63 Å². The van der Waals surface area contributed by atoms with Gasteiger partial charge in [0.25, 0.3) is 0 Å². The first-order valence-corrected chi connectivity index (χ1v) is 10.9. The fraction of sp³-hybridized carbons (Fsp3) is 0.909. The summed E-state index contributed by atoms with van der Waals surface area (Å²) in [6.45, 7) is 7.58. The van der Waals surface area contributed by atoms with E-state index < -0.39 is 0 Å². The van der Waals surface area contributed by atoms with Crippen LogP contribution in [0.4, 0.5) is 0 Å². The molecule has 3 saturated carbocycles. The Morgan fingerprint density at radius 3 is 2.81 bits per heavy atom. The SMILES string of the molecule is CCC[C@@]1(C)CC[C@H]2[C@@H](CCC3C[C@@H](O)C(/C=N/OCCN)C[C@@]32C)C1=O.